The molecule has 2 unspecified atom stereocenters. The Bertz CT molecular complexity index is 604. The molecule has 0 fully saturated rings. The van der Waals surface area contributed by atoms with Gasteiger partial charge in [0.1, 0.15) is 0 Å². The molecule has 0 aliphatic heterocycles. The average Bonchev–Trinajstić information content (AvgIpc) is 2.39. The Balaban J connectivity index is 1.81. The number of halogens is 1. The van der Waals surface area contributed by atoms with Gasteiger partial charge in [0, 0.05) is 10.7 Å². The Kier molecular flexibility index (Phi) is 3.50. The second-order valence-electron chi connectivity index (χ2n) is 6.78. The Morgan fingerprint density at radius 3 is 2.25 bits per heavy atom. The highest BCUT2D eigenvalue weighted by Gasteiger charge is 2.32. The molecule has 0 saturated heterocycles. The van der Waals surface area contributed by atoms with Crippen molar-refractivity contribution in [3.8, 4) is 0 Å². The van der Waals surface area contributed by atoms with Crippen LogP contribution in [0.4, 0.5) is 0 Å². The molecule has 1 heteroatoms. The molecular weight excluding hydrogens is 308 g/mol. The zero-order chi connectivity index (χ0) is 14.3. The van der Waals surface area contributed by atoms with Crippen molar-refractivity contribution < 1.29 is 0 Å². The second-order valence-corrected chi connectivity index (χ2v) is 7.77. The van der Waals surface area contributed by atoms with Gasteiger partial charge < -0.3 is 0 Å². The van der Waals surface area contributed by atoms with Crippen LogP contribution in [-0.4, -0.2) is 0 Å². The van der Waals surface area contributed by atoms with Crippen LogP contribution in [0.15, 0.2) is 48.5 Å². The minimum Gasteiger partial charge on any atom is -0.0832 e. The summed E-state index contributed by atoms with van der Waals surface area (Å²) in [6.45, 7) is 6.78. The Morgan fingerprint density at radius 2 is 1.65 bits per heavy atom. The molecule has 0 radical (unpaired) electrons. The number of alkyl halides is 1. The first-order chi connectivity index (χ1) is 9.47. The molecule has 0 aromatic heterocycles. The van der Waals surface area contributed by atoms with Gasteiger partial charge in [0.25, 0.3) is 0 Å². The molecule has 0 saturated carbocycles. The average molecular weight is 329 g/mol. The van der Waals surface area contributed by atoms with E-state index in [4.69, 9.17) is 0 Å². The number of rotatable bonds is 2. The van der Waals surface area contributed by atoms with Gasteiger partial charge in [-0.1, -0.05) is 85.2 Å². The molecule has 0 heterocycles. The van der Waals surface area contributed by atoms with E-state index in [1.54, 1.807) is 0 Å². The van der Waals surface area contributed by atoms with Crippen LogP contribution in [0.5, 0.6) is 0 Å². The second kappa shape index (κ2) is 5.04. The standard InChI is InChI=1S/C19H21Br/c1-19(2,3)15-10-8-13(9-11-15)18(20)17-12-14-6-4-5-7-16(14)17/h4-11,17-18H,12H2,1-3H3. The number of hydrogen-bond donors (Lipinski definition) is 0. The maximum Gasteiger partial charge on any atom is 0.0467 e. The first-order valence-corrected chi connectivity index (χ1v) is 8.21. The third-order valence-corrected chi connectivity index (χ3v) is 5.51. The molecule has 1 aliphatic carbocycles. The van der Waals surface area contributed by atoms with Gasteiger partial charge in [0.15, 0.2) is 0 Å². The van der Waals surface area contributed by atoms with Crippen molar-refractivity contribution in [3.63, 3.8) is 0 Å². The van der Waals surface area contributed by atoms with E-state index in [9.17, 15) is 0 Å². The van der Waals surface area contributed by atoms with Crippen molar-refractivity contribution in [1.29, 1.82) is 0 Å². The van der Waals surface area contributed by atoms with Crippen LogP contribution >= 0.6 is 15.9 Å². The molecule has 0 N–H and O–H groups in total. The lowest BCUT2D eigenvalue weighted by molar-refractivity contribution is 0.586. The summed E-state index contributed by atoms with van der Waals surface area (Å²) in [5.41, 5.74) is 6.03. The summed E-state index contributed by atoms with van der Waals surface area (Å²) in [6.07, 6.45) is 1.19. The summed E-state index contributed by atoms with van der Waals surface area (Å²) in [5.74, 6) is 0.617. The van der Waals surface area contributed by atoms with E-state index in [-0.39, 0.29) is 5.41 Å². The Morgan fingerprint density at radius 1 is 1.00 bits per heavy atom. The van der Waals surface area contributed by atoms with Crippen LogP contribution in [0.25, 0.3) is 0 Å². The van der Waals surface area contributed by atoms with Gasteiger partial charge in [0.2, 0.25) is 0 Å². The van der Waals surface area contributed by atoms with Crippen LogP contribution in [0, 0.1) is 0 Å². The lowest BCUT2D eigenvalue weighted by atomic mass is 9.74. The predicted octanol–water partition coefficient (Wildman–Crippen LogP) is 5.76. The molecule has 0 nitrogen and oxygen atoms in total. The highest BCUT2D eigenvalue weighted by molar-refractivity contribution is 9.09. The lowest BCUT2D eigenvalue weighted by Gasteiger charge is -2.34. The van der Waals surface area contributed by atoms with Crippen molar-refractivity contribution in [2.75, 3.05) is 0 Å². The van der Waals surface area contributed by atoms with Gasteiger partial charge in [-0.2, -0.15) is 0 Å². The van der Waals surface area contributed by atoms with Gasteiger partial charge in [-0.3, -0.25) is 0 Å². The van der Waals surface area contributed by atoms with Gasteiger partial charge in [-0.25, -0.2) is 0 Å². The Labute approximate surface area is 130 Å². The van der Waals surface area contributed by atoms with Crippen molar-refractivity contribution in [3.05, 3.63) is 70.8 Å². The van der Waals surface area contributed by atoms with Crippen LogP contribution < -0.4 is 0 Å². The number of hydrogen-bond acceptors (Lipinski definition) is 0. The molecule has 2 aromatic carbocycles. The fraction of sp³-hybridized carbons (Fsp3) is 0.368. The van der Waals surface area contributed by atoms with Gasteiger partial charge in [0.05, 0.1) is 0 Å². The summed E-state index contributed by atoms with van der Waals surface area (Å²) in [4.78, 5) is 0.423. The predicted molar refractivity (Wildman–Crippen MR) is 89.7 cm³/mol. The molecule has 0 bridgehead atoms. The van der Waals surface area contributed by atoms with Gasteiger partial charge >= 0.3 is 0 Å². The lowest BCUT2D eigenvalue weighted by Crippen LogP contribution is -2.21. The van der Waals surface area contributed by atoms with Crippen LogP contribution in [0.2, 0.25) is 0 Å². The molecule has 3 rings (SSSR count). The molecule has 104 valence electrons. The fourth-order valence-electron chi connectivity index (χ4n) is 2.96. The van der Waals surface area contributed by atoms with Crippen molar-refractivity contribution in [2.45, 2.75) is 43.4 Å². The van der Waals surface area contributed by atoms with Crippen LogP contribution in [0.1, 0.15) is 53.8 Å². The zero-order valence-electron chi connectivity index (χ0n) is 12.4. The maximum absolute atomic E-state index is 3.91. The third kappa shape index (κ3) is 2.44. The highest BCUT2D eigenvalue weighted by Crippen LogP contribution is 2.47. The third-order valence-electron chi connectivity index (χ3n) is 4.34. The topological polar surface area (TPSA) is 0 Å². The summed E-state index contributed by atoms with van der Waals surface area (Å²) in [7, 11) is 0. The molecule has 0 spiro atoms. The molecule has 20 heavy (non-hydrogen) atoms. The molecule has 0 amide bonds. The van der Waals surface area contributed by atoms with Crippen LogP contribution in [0.3, 0.4) is 0 Å². The van der Waals surface area contributed by atoms with Crippen molar-refractivity contribution >= 4 is 15.9 Å². The molecule has 2 aromatic rings. The van der Waals surface area contributed by atoms with Crippen LogP contribution in [-0.2, 0) is 11.8 Å². The van der Waals surface area contributed by atoms with E-state index in [1.165, 1.54) is 28.7 Å². The van der Waals surface area contributed by atoms with Gasteiger partial charge in [-0.15, -0.1) is 0 Å². The first-order valence-electron chi connectivity index (χ1n) is 7.29. The Hall–Kier alpha value is -1.08. The zero-order valence-corrected chi connectivity index (χ0v) is 13.9. The summed E-state index contributed by atoms with van der Waals surface area (Å²) < 4.78 is 0. The molecule has 2 atom stereocenters. The smallest absolute Gasteiger partial charge is 0.0467 e. The highest BCUT2D eigenvalue weighted by atomic mass is 79.9. The van der Waals surface area contributed by atoms with E-state index in [0.29, 0.717) is 10.7 Å². The van der Waals surface area contributed by atoms with E-state index in [2.05, 4.69) is 85.2 Å². The molecule has 1 aliphatic rings. The summed E-state index contributed by atoms with van der Waals surface area (Å²) in [5, 5.41) is 0. The summed E-state index contributed by atoms with van der Waals surface area (Å²) >= 11 is 3.91. The SMILES string of the molecule is CC(C)(C)c1ccc(C(Br)C2Cc3ccccc32)cc1. The number of fused-ring (bicyclic) bond motifs is 1. The van der Waals surface area contributed by atoms with Crippen molar-refractivity contribution in [2.24, 2.45) is 0 Å². The van der Waals surface area contributed by atoms with E-state index < -0.39 is 0 Å². The largest absolute Gasteiger partial charge is 0.0832 e. The summed E-state index contributed by atoms with van der Waals surface area (Å²) in [6, 6.07) is 17.9. The first kappa shape index (κ1) is 13.9. The normalized spacial score (nSPS) is 19.1. The monoisotopic (exact) mass is 328 g/mol. The minimum absolute atomic E-state index is 0.226. The van der Waals surface area contributed by atoms with Gasteiger partial charge in [-0.05, 0) is 34.1 Å². The minimum atomic E-state index is 0.226. The fourth-order valence-corrected chi connectivity index (χ4v) is 3.73. The number of benzene rings is 2. The van der Waals surface area contributed by atoms with E-state index in [0.717, 1.165) is 0 Å². The van der Waals surface area contributed by atoms with E-state index >= 15 is 0 Å². The quantitative estimate of drug-likeness (QED) is 0.615. The van der Waals surface area contributed by atoms with E-state index in [1.807, 2.05) is 0 Å². The molecular formula is C19H21Br. The van der Waals surface area contributed by atoms with Crippen molar-refractivity contribution in [1.82, 2.24) is 0 Å². The maximum atomic E-state index is 3.91.